The second kappa shape index (κ2) is 5.15. The van der Waals surface area contributed by atoms with Gasteiger partial charge in [0.2, 0.25) is 0 Å². The molecule has 0 aliphatic rings. The van der Waals surface area contributed by atoms with Gasteiger partial charge in [-0.05, 0) is 17.1 Å². The number of carbonyl (C=O) groups is 1. The van der Waals surface area contributed by atoms with Crippen LogP contribution < -0.4 is 0 Å². The van der Waals surface area contributed by atoms with E-state index in [-0.39, 0.29) is 12.4 Å². The molecule has 0 aliphatic carbocycles. The number of hydrogen-bond acceptors (Lipinski definition) is 3. The average Bonchev–Trinajstić information content (AvgIpc) is 2.62. The van der Waals surface area contributed by atoms with E-state index < -0.39 is 23.2 Å². The van der Waals surface area contributed by atoms with Crippen molar-refractivity contribution >= 4 is 11.6 Å². The summed E-state index contributed by atoms with van der Waals surface area (Å²) in [6, 6.07) is 2.65. The summed E-state index contributed by atoms with van der Waals surface area (Å²) in [6.07, 6.45) is -0.531. The van der Waals surface area contributed by atoms with Gasteiger partial charge in [0.25, 0.3) is 6.08 Å². The first-order valence-corrected chi connectivity index (χ1v) is 4.33. The predicted molar refractivity (Wildman–Crippen MR) is 51.0 cm³/mol. The number of rotatable bonds is 5. The highest BCUT2D eigenvalue weighted by atomic mass is 19.3. The van der Waals surface area contributed by atoms with Crippen molar-refractivity contribution in [2.75, 3.05) is 0 Å². The van der Waals surface area contributed by atoms with Gasteiger partial charge in [-0.15, -0.1) is 0 Å². The van der Waals surface area contributed by atoms with Gasteiger partial charge in [-0.3, -0.25) is 4.79 Å². The van der Waals surface area contributed by atoms with Gasteiger partial charge >= 0.3 is 5.82 Å². The summed E-state index contributed by atoms with van der Waals surface area (Å²) in [7, 11) is 0. The molecule has 16 heavy (non-hydrogen) atoms. The molecule has 0 saturated carbocycles. The second-order valence-electron chi connectivity index (χ2n) is 2.99. The Morgan fingerprint density at radius 3 is 2.81 bits per heavy atom. The topological polar surface area (TPSA) is 65.1 Å². The van der Waals surface area contributed by atoms with Crippen molar-refractivity contribution in [2.24, 2.45) is 0 Å². The summed E-state index contributed by atoms with van der Waals surface area (Å²) in [4.78, 5) is 21.0. The van der Waals surface area contributed by atoms with Crippen LogP contribution in [0, 0.1) is 10.1 Å². The van der Waals surface area contributed by atoms with Crippen molar-refractivity contribution in [3.8, 4) is 0 Å². The fourth-order valence-corrected chi connectivity index (χ4v) is 1.15. The van der Waals surface area contributed by atoms with E-state index in [2.05, 4.69) is 0 Å². The van der Waals surface area contributed by atoms with Gasteiger partial charge in [0, 0.05) is 12.5 Å². The van der Waals surface area contributed by atoms with Crippen LogP contribution in [0.4, 0.5) is 14.6 Å². The average molecular weight is 230 g/mol. The molecule has 1 heterocycles. The Morgan fingerprint density at radius 2 is 2.25 bits per heavy atom. The zero-order chi connectivity index (χ0) is 12.1. The quantitative estimate of drug-likeness (QED) is 0.574. The first-order chi connectivity index (χ1) is 7.50. The first-order valence-electron chi connectivity index (χ1n) is 4.33. The smallest absolute Gasteiger partial charge is 0.323 e. The largest absolute Gasteiger partial charge is 0.358 e. The number of halogens is 2. The van der Waals surface area contributed by atoms with Crippen LogP contribution in [0.5, 0.6) is 0 Å². The van der Waals surface area contributed by atoms with Crippen LogP contribution in [0.15, 0.2) is 30.5 Å². The minimum absolute atomic E-state index is 0.238. The molecule has 0 fully saturated rings. The van der Waals surface area contributed by atoms with Crippen LogP contribution in [0.2, 0.25) is 0 Å². The SMILES string of the molecule is O=C(CC=C(F)F)Cn1cccc1[N+](=O)[O-]. The number of carbonyl (C=O) groups excluding carboxylic acids is 1. The Bertz CT molecular complexity index is 436. The molecule has 1 aromatic heterocycles. The molecule has 0 saturated heterocycles. The maximum absolute atomic E-state index is 11.7. The molecule has 0 aliphatic heterocycles. The minimum atomic E-state index is -1.93. The Morgan fingerprint density at radius 1 is 1.56 bits per heavy atom. The van der Waals surface area contributed by atoms with Gasteiger partial charge in [0.1, 0.15) is 6.54 Å². The lowest BCUT2D eigenvalue weighted by atomic mass is 10.3. The zero-order valence-corrected chi connectivity index (χ0v) is 8.10. The van der Waals surface area contributed by atoms with Crippen LogP contribution in [-0.2, 0) is 11.3 Å². The van der Waals surface area contributed by atoms with E-state index in [9.17, 15) is 23.7 Å². The van der Waals surface area contributed by atoms with Crippen LogP contribution in [0.1, 0.15) is 6.42 Å². The van der Waals surface area contributed by atoms with Crippen molar-refractivity contribution in [1.29, 1.82) is 0 Å². The van der Waals surface area contributed by atoms with Crippen molar-refractivity contribution < 1.29 is 18.5 Å². The monoisotopic (exact) mass is 230 g/mol. The van der Waals surface area contributed by atoms with Crippen LogP contribution in [0.3, 0.4) is 0 Å². The fourth-order valence-electron chi connectivity index (χ4n) is 1.15. The maximum atomic E-state index is 11.7. The van der Waals surface area contributed by atoms with E-state index in [1.807, 2.05) is 0 Å². The van der Waals surface area contributed by atoms with Gasteiger partial charge < -0.3 is 10.1 Å². The first kappa shape index (κ1) is 12.0. The molecule has 1 rings (SSSR count). The minimum Gasteiger partial charge on any atom is -0.358 e. The highest BCUT2D eigenvalue weighted by Gasteiger charge is 2.14. The number of Topliss-reactive ketones (excluding diaryl/α,β-unsaturated/α-hetero) is 1. The molecule has 0 radical (unpaired) electrons. The number of hydrogen-bond donors (Lipinski definition) is 0. The van der Waals surface area contributed by atoms with E-state index in [0.717, 1.165) is 4.57 Å². The highest BCUT2D eigenvalue weighted by molar-refractivity contribution is 5.79. The molecule has 0 amide bonds. The van der Waals surface area contributed by atoms with Gasteiger partial charge in [0.15, 0.2) is 5.78 Å². The molecule has 0 spiro atoms. The Balaban J connectivity index is 2.66. The van der Waals surface area contributed by atoms with Gasteiger partial charge in [-0.25, -0.2) is 4.57 Å². The lowest BCUT2D eigenvalue weighted by Crippen LogP contribution is -2.10. The molecule has 86 valence electrons. The normalized spacial score (nSPS) is 9.88. The molecule has 0 unspecified atom stereocenters. The summed E-state index contributed by atoms with van der Waals surface area (Å²) in [6.45, 7) is -0.285. The summed E-state index contributed by atoms with van der Waals surface area (Å²) in [5.74, 6) is -0.759. The van der Waals surface area contributed by atoms with Crippen LogP contribution in [0.25, 0.3) is 0 Å². The Hall–Kier alpha value is -2.05. The van der Waals surface area contributed by atoms with E-state index in [1.165, 1.54) is 18.3 Å². The lowest BCUT2D eigenvalue weighted by molar-refractivity contribution is -0.391. The Labute approximate surface area is 89.1 Å². The third-order valence-corrected chi connectivity index (χ3v) is 1.82. The maximum Gasteiger partial charge on any atom is 0.323 e. The van der Waals surface area contributed by atoms with Crippen molar-refractivity contribution in [2.45, 2.75) is 13.0 Å². The third-order valence-electron chi connectivity index (χ3n) is 1.82. The van der Waals surface area contributed by atoms with Crippen LogP contribution in [-0.4, -0.2) is 15.3 Å². The van der Waals surface area contributed by atoms with E-state index in [4.69, 9.17) is 0 Å². The van der Waals surface area contributed by atoms with Crippen LogP contribution >= 0.6 is 0 Å². The summed E-state index contributed by atoms with van der Waals surface area (Å²) < 4.78 is 24.5. The molecule has 0 atom stereocenters. The second-order valence-corrected chi connectivity index (χ2v) is 2.99. The third kappa shape index (κ3) is 3.26. The van der Waals surface area contributed by atoms with Gasteiger partial charge in [-0.1, -0.05) is 0 Å². The number of aromatic nitrogens is 1. The summed E-state index contributed by atoms with van der Waals surface area (Å²) >= 11 is 0. The Kier molecular flexibility index (Phi) is 3.87. The lowest BCUT2D eigenvalue weighted by Gasteiger charge is -1.99. The van der Waals surface area contributed by atoms with E-state index in [0.29, 0.717) is 6.08 Å². The van der Waals surface area contributed by atoms with Crippen molar-refractivity contribution in [3.05, 3.63) is 40.6 Å². The molecule has 5 nitrogen and oxygen atoms in total. The highest BCUT2D eigenvalue weighted by Crippen LogP contribution is 2.12. The summed E-state index contributed by atoms with van der Waals surface area (Å²) in [5.41, 5.74) is 0. The van der Waals surface area contributed by atoms with Gasteiger partial charge in [0.05, 0.1) is 6.20 Å². The molecule has 1 aromatic rings. The van der Waals surface area contributed by atoms with E-state index >= 15 is 0 Å². The van der Waals surface area contributed by atoms with E-state index in [1.54, 1.807) is 0 Å². The molecular weight excluding hydrogens is 222 g/mol. The molecule has 0 bridgehead atoms. The molecule has 0 aromatic carbocycles. The number of nitrogens with zero attached hydrogens (tertiary/aromatic N) is 2. The zero-order valence-electron chi connectivity index (χ0n) is 8.10. The molecule has 0 N–H and O–H groups in total. The number of nitro groups is 1. The molecule has 7 heteroatoms. The standard InChI is InChI=1S/C9H8F2N2O3/c10-8(11)4-3-7(14)6-12-5-1-2-9(12)13(15)16/h1-2,4-5H,3,6H2. The number of ketones is 1. The number of allylic oxidation sites excluding steroid dienone is 1. The summed E-state index contributed by atoms with van der Waals surface area (Å²) in [5, 5.41) is 10.5. The molecular formula is C9H8F2N2O3. The van der Waals surface area contributed by atoms with Gasteiger partial charge in [-0.2, -0.15) is 8.78 Å². The fraction of sp³-hybridized carbons (Fsp3) is 0.222. The van der Waals surface area contributed by atoms with Crippen molar-refractivity contribution in [1.82, 2.24) is 4.57 Å². The van der Waals surface area contributed by atoms with Crippen molar-refractivity contribution in [3.63, 3.8) is 0 Å². The predicted octanol–water partition coefficient (Wildman–Crippen LogP) is 2.14.